The SMILES string of the molecule is BrC[C@@H]1O[C@H]1COCc1ccccc1. The van der Waals surface area contributed by atoms with Gasteiger partial charge in [-0.3, -0.25) is 0 Å². The second-order valence-electron chi connectivity index (χ2n) is 3.37. The zero-order valence-electron chi connectivity index (χ0n) is 7.86. The molecule has 0 bridgehead atoms. The Bertz CT molecular complexity index is 276. The van der Waals surface area contributed by atoms with Gasteiger partial charge >= 0.3 is 0 Å². The molecular weight excluding hydrogens is 244 g/mol. The Morgan fingerprint density at radius 2 is 2.00 bits per heavy atom. The van der Waals surface area contributed by atoms with E-state index in [1.165, 1.54) is 5.56 Å². The van der Waals surface area contributed by atoms with Crippen molar-refractivity contribution in [3.8, 4) is 0 Å². The Morgan fingerprint density at radius 1 is 1.21 bits per heavy atom. The van der Waals surface area contributed by atoms with Gasteiger partial charge in [-0.2, -0.15) is 0 Å². The third-order valence-electron chi connectivity index (χ3n) is 2.23. The van der Waals surface area contributed by atoms with Crippen LogP contribution in [0.25, 0.3) is 0 Å². The Balaban J connectivity index is 1.64. The summed E-state index contributed by atoms with van der Waals surface area (Å²) in [4.78, 5) is 0. The molecule has 2 atom stereocenters. The van der Waals surface area contributed by atoms with Crippen LogP contribution in [-0.4, -0.2) is 24.1 Å². The molecule has 3 heteroatoms. The van der Waals surface area contributed by atoms with Gasteiger partial charge in [-0.05, 0) is 5.56 Å². The van der Waals surface area contributed by atoms with Gasteiger partial charge in [0.1, 0.15) is 6.10 Å². The molecule has 76 valence electrons. The average molecular weight is 257 g/mol. The van der Waals surface area contributed by atoms with Gasteiger partial charge in [-0.1, -0.05) is 46.3 Å². The molecule has 0 unspecified atom stereocenters. The van der Waals surface area contributed by atoms with Gasteiger partial charge in [0.25, 0.3) is 0 Å². The van der Waals surface area contributed by atoms with Gasteiger partial charge in [-0.25, -0.2) is 0 Å². The van der Waals surface area contributed by atoms with Crippen LogP contribution in [0.15, 0.2) is 30.3 Å². The third-order valence-corrected chi connectivity index (χ3v) is 2.87. The second-order valence-corrected chi connectivity index (χ2v) is 4.02. The van der Waals surface area contributed by atoms with Crippen LogP contribution in [0.5, 0.6) is 0 Å². The standard InChI is InChI=1S/C11H13BrO2/c12-6-10-11(14-10)8-13-7-9-4-2-1-3-5-9/h1-5,10-11H,6-8H2/t10-,11-/m0/s1. The Labute approximate surface area is 92.3 Å². The summed E-state index contributed by atoms with van der Waals surface area (Å²) in [6.45, 7) is 1.38. The highest BCUT2D eigenvalue weighted by molar-refractivity contribution is 9.09. The van der Waals surface area contributed by atoms with Crippen molar-refractivity contribution >= 4 is 15.9 Å². The van der Waals surface area contributed by atoms with Crippen LogP contribution in [-0.2, 0) is 16.1 Å². The van der Waals surface area contributed by atoms with E-state index in [1.54, 1.807) is 0 Å². The van der Waals surface area contributed by atoms with E-state index < -0.39 is 0 Å². The first-order chi connectivity index (χ1) is 6.90. The number of hydrogen-bond acceptors (Lipinski definition) is 2. The maximum absolute atomic E-state index is 5.53. The molecule has 0 radical (unpaired) electrons. The third kappa shape index (κ3) is 2.80. The fraction of sp³-hybridized carbons (Fsp3) is 0.455. The monoisotopic (exact) mass is 256 g/mol. The van der Waals surface area contributed by atoms with Crippen molar-refractivity contribution in [3.05, 3.63) is 35.9 Å². The molecule has 0 N–H and O–H groups in total. The van der Waals surface area contributed by atoms with E-state index in [1.807, 2.05) is 18.2 Å². The summed E-state index contributed by atoms with van der Waals surface area (Å²) in [6.07, 6.45) is 0.670. The topological polar surface area (TPSA) is 21.8 Å². The van der Waals surface area contributed by atoms with Crippen LogP contribution >= 0.6 is 15.9 Å². The lowest BCUT2D eigenvalue weighted by Crippen LogP contribution is -2.05. The predicted molar refractivity (Wildman–Crippen MR) is 58.6 cm³/mol. The molecule has 1 heterocycles. The van der Waals surface area contributed by atoms with Gasteiger partial charge in [0.15, 0.2) is 0 Å². The first-order valence-electron chi connectivity index (χ1n) is 4.73. The number of benzene rings is 1. The summed E-state index contributed by atoms with van der Waals surface area (Å²) in [6, 6.07) is 10.2. The molecule has 14 heavy (non-hydrogen) atoms. The fourth-order valence-electron chi connectivity index (χ4n) is 1.33. The number of alkyl halides is 1. The van der Waals surface area contributed by atoms with Crippen molar-refractivity contribution in [3.63, 3.8) is 0 Å². The van der Waals surface area contributed by atoms with Gasteiger partial charge in [0, 0.05) is 5.33 Å². The highest BCUT2D eigenvalue weighted by Gasteiger charge is 2.37. The lowest BCUT2D eigenvalue weighted by atomic mass is 10.2. The molecular formula is C11H13BrO2. The Morgan fingerprint density at radius 3 is 2.64 bits per heavy atom. The van der Waals surface area contributed by atoms with Crippen LogP contribution in [0, 0.1) is 0 Å². The number of halogens is 1. The molecule has 1 saturated heterocycles. The molecule has 1 aliphatic rings. The summed E-state index contributed by atoms with van der Waals surface area (Å²) in [5, 5.41) is 0.909. The largest absolute Gasteiger partial charge is 0.374 e. The van der Waals surface area contributed by atoms with Gasteiger partial charge in [0.05, 0.1) is 19.3 Å². The zero-order chi connectivity index (χ0) is 9.80. The molecule has 0 spiro atoms. The molecule has 0 saturated carbocycles. The van der Waals surface area contributed by atoms with Crippen molar-refractivity contribution in [2.75, 3.05) is 11.9 Å². The summed E-state index contributed by atoms with van der Waals surface area (Å²) in [7, 11) is 0. The first kappa shape index (κ1) is 10.1. The van der Waals surface area contributed by atoms with Crippen LogP contribution < -0.4 is 0 Å². The molecule has 0 aromatic heterocycles. The van der Waals surface area contributed by atoms with Gasteiger partial charge < -0.3 is 9.47 Å². The molecule has 1 aromatic carbocycles. The molecule has 1 fully saturated rings. The summed E-state index contributed by atoms with van der Waals surface area (Å²) in [5.41, 5.74) is 1.21. The zero-order valence-corrected chi connectivity index (χ0v) is 9.44. The van der Waals surface area contributed by atoms with Gasteiger partial charge in [-0.15, -0.1) is 0 Å². The minimum atomic E-state index is 0.304. The lowest BCUT2D eigenvalue weighted by Gasteiger charge is -2.01. The predicted octanol–water partition coefficient (Wildman–Crippen LogP) is 2.37. The van der Waals surface area contributed by atoms with Gasteiger partial charge in [0.2, 0.25) is 0 Å². The summed E-state index contributed by atoms with van der Waals surface area (Å²) >= 11 is 3.37. The van der Waals surface area contributed by atoms with E-state index in [4.69, 9.17) is 9.47 Å². The van der Waals surface area contributed by atoms with Crippen LogP contribution in [0.3, 0.4) is 0 Å². The van der Waals surface area contributed by atoms with Crippen molar-refractivity contribution in [2.45, 2.75) is 18.8 Å². The van der Waals surface area contributed by atoms with Crippen LogP contribution in [0.4, 0.5) is 0 Å². The molecule has 1 aliphatic heterocycles. The minimum absolute atomic E-state index is 0.304. The highest BCUT2D eigenvalue weighted by Crippen LogP contribution is 2.24. The van der Waals surface area contributed by atoms with Crippen molar-refractivity contribution < 1.29 is 9.47 Å². The van der Waals surface area contributed by atoms with E-state index in [0.717, 1.165) is 5.33 Å². The van der Waals surface area contributed by atoms with E-state index in [2.05, 4.69) is 28.1 Å². The summed E-state index contributed by atoms with van der Waals surface area (Å²) < 4.78 is 10.9. The minimum Gasteiger partial charge on any atom is -0.374 e. The molecule has 0 amide bonds. The lowest BCUT2D eigenvalue weighted by molar-refractivity contribution is 0.104. The number of hydrogen-bond donors (Lipinski definition) is 0. The Hall–Kier alpha value is -0.380. The van der Waals surface area contributed by atoms with Crippen molar-refractivity contribution in [1.82, 2.24) is 0 Å². The highest BCUT2D eigenvalue weighted by atomic mass is 79.9. The molecule has 0 aliphatic carbocycles. The van der Waals surface area contributed by atoms with Crippen molar-refractivity contribution in [1.29, 1.82) is 0 Å². The van der Waals surface area contributed by atoms with Crippen LogP contribution in [0.2, 0.25) is 0 Å². The van der Waals surface area contributed by atoms with E-state index >= 15 is 0 Å². The number of epoxide rings is 1. The maximum Gasteiger partial charge on any atom is 0.108 e. The van der Waals surface area contributed by atoms with E-state index in [9.17, 15) is 0 Å². The second kappa shape index (κ2) is 4.91. The smallest absolute Gasteiger partial charge is 0.108 e. The van der Waals surface area contributed by atoms with Crippen molar-refractivity contribution in [2.24, 2.45) is 0 Å². The molecule has 1 aromatic rings. The number of ether oxygens (including phenoxy) is 2. The van der Waals surface area contributed by atoms with E-state index in [-0.39, 0.29) is 0 Å². The maximum atomic E-state index is 5.53. The first-order valence-corrected chi connectivity index (χ1v) is 5.85. The average Bonchev–Trinajstić information content (AvgIpc) is 2.98. The normalized spacial score (nSPS) is 24.9. The Kier molecular flexibility index (Phi) is 3.56. The molecule has 2 rings (SSSR count). The quantitative estimate of drug-likeness (QED) is 0.596. The van der Waals surface area contributed by atoms with Crippen LogP contribution in [0.1, 0.15) is 5.56 Å². The number of rotatable bonds is 5. The molecule has 2 nitrogen and oxygen atoms in total. The van der Waals surface area contributed by atoms with E-state index in [0.29, 0.717) is 25.4 Å². The summed E-state index contributed by atoms with van der Waals surface area (Å²) in [5.74, 6) is 0. The fourth-order valence-corrected chi connectivity index (χ4v) is 1.90.